The molecule has 1 aromatic carbocycles. The van der Waals surface area contributed by atoms with E-state index in [0.29, 0.717) is 19.0 Å². The summed E-state index contributed by atoms with van der Waals surface area (Å²) >= 11 is 0. The maximum absolute atomic E-state index is 11.8. The second-order valence-corrected chi connectivity index (χ2v) is 7.16. The number of nitrogens with zero attached hydrogens (tertiary/aromatic N) is 2. The summed E-state index contributed by atoms with van der Waals surface area (Å²) in [5, 5.41) is 6.61. The van der Waals surface area contributed by atoms with E-state index in [1.807, 2.05) is 6.07 Å². The molecule has 1 aromatic heterocycles. The van der Waals surface area contributed by atoms with Crippen molar-refractivity contribution < 1.29 is 4.74 Å². The third-order valence-corrected chi connectivity index (χ3v) is 4.17. The Hall–Kier alpha value is -2.60. The minimum Gasteiger partial charge on any atom is -0.381 e. The summed E-state index contributed by atoms with van der Waals surface area (Å²) < 4.78 is 7.28. The highest BCUT2D eigenvalue weighted by Gasteiger charge is 2.01. The lowest BCUT2D eigenvalue weighted by Gasteiger charge is -2.13. The summed E-state index contributed by atoms with van der Waals surface area (Å²) in [6.45, 7) is 7.96. The Balaban J connectivity index is 1.72. The van der Waals surface area contributed by atoms with E-state index in [-0.39, 0.29) is 5.56 Å². The van der Waals surface area contributed by atoms with E-state index in [9.17, 15) is 4.79 Å². The lowest BCUT2D eigenvalue weighted by molar-refractivity contribution is 0.108. The predicted molar refractivity (Wildman–Crippen MR) is 115 cm³/mol. The van der Waals surface area contributed by atoms with E-state index in [1.54, 1.807) is 29.9 Å². The first-order valence-electron chi connectivity index (χ1n) is 9.84. The lowest BCUT2D eigenvalue weighted by Crippen LogP contribution is -2.37. The van der Waals surface area contributed by atoms with Gasteiger partial charge in [-0.15, -0.1) is 0 Å². The summed E-state index contributed by atoms with van der Waals surface area (Å²) in [4.78, 5) is 16.0. The molecule has 152 valence electrons. The molecule has 1 heterocycles. The normalized spacial score (nSPS) is 11.6. The molecule has 0 amide bonds. The fourth-order valence-corrected chi connectivity index (χ4v) is 2.66. The Morgan fingerprint density at radius 2 is 1.86 bits per heavy atom. The number of aromatic nitrogens is 1. The van der Waals surface area contributed by atoms with Crippen molar-refractivity contribution in [2.45, 2.75) is 33.4 Å². The van der Waals surface area contributed by atoms with E-state index in [2.05, 4.69) is 53.7 Å². The van der Waals surface area contributed by atoms with Gasteiger partial charge in [0.15, 0.2) is 5.96 Å². The van der Waals surface area contributed by atoms with Gasteiger partial charge in [0.2, 0.25) is 0 Å². The zero-order valence-corrected chi connectivity index (χ0v) is 17.1. The maximum Gasteiger partial charge on any atom is 0.250 e. The second-order valence-electron chi connectivity index (χ2n) is 7.16. The van der Waals surface area contributed by atoms with Crippen molar-refractivity contribution in [3.63, 3.8) is 0 Å². The SMILES string of the molecule is CN=C(NCCCOCC(C)C)NCc1ccc(Cn2ccccc2=O)cc1. The second kappa shape index (κ2) is 12.0. The van der Waals surface area contributed by atoms with Gasteiger partial charge in [-0.1, -0.05) is 44.2 Å². The molecule has 6 nitrogen and oxygen atoms in total. The molecule has 6 heteroatoms. The van der Waals surface area contributed by atoms with Crippen LogP contribution in [0, 0.1) is 5.92 Å². The molecule has 2 N–H and O–H groups in total. The van der Waals surface area contributed by atoms with E-state index in [0.717, 1.165) is 43.3 Å². The smallest absolute Gasteiger partial charge is 0.250 e. The molecule has 28 heavy (non-hydrogen) atoms. The third kappa shape index (κ3) is 7.96. The molecule has 0 saturated carbocycles. The molecule has 0 atom stereocenters. The van der Waals surface area contributed by atoms with Gasteiger partial charge in [-0.25, -0.2) is 0 Å². The molecule has 0 aliphatic rings. The highest BCUT2D eigenvalue weighted by Crippen LogP contribution is 2.05. The van der Waals surface area contributed by atoms with E-state index >= 15 is 0 Å². The van der Waals surface area contributed by atoms with Crippen LogP contribution in [0.3, 0.4) is 0 Å². The number of aliphatic imine (C=N–C) groups is 1. The van der Waals surface area contributed by atoms with E-state index in [1.165, 1.54) is 0 Å². The standard InChI is InChI=1S/C22H32N4O2/c1-18(2)17-28-14-6-12-24-22(23-3)25-15-19-8-10-20(11-9-19)16-26-13-5-4-7-21(26)27/h4-5,7-11,13,18H,6,12,14-17H2,1-3H3,(H2,23,24,25). The minimum atomic E-state index is 0.0118. The van der Waals surface area contributed by atoms with Gasteiger partial charge in [0, 0.05) is 45.6 Å². The molecule has 0 radical (unpaired) electrons. The molecule has 0 unspecified atom stereocenters. The zero-order valence-electron chi connectivity index (χ0n) is 17.1. The van der Waals surface area contributed by atoms with Gasteiger partial charge in [0.05, 0.1) is 6.54 Å². The van der Waals surface area contributed by atoms with Crippen LogP contribution in [0.1, 0.15) is 31.4 Å². The van der Waals surface area contributed by atoms with Crippen LogP contribution in [-0.2, 0) is 17.8 Å². The van der Waals surface area contributed by atoms with Crippen molar-refractivity contribution in [3.8, 4) is 0 Å². The highest BCUT2D eigenvalue weighted by atomic mass is 16.5. The number of hydrogen-bond acceptors (Lipinski definition) is 3. The third-order valence-electron chi connectivity index (χ3n) is 4.17. The van der Waals surface area contributed by atoms with Gasteiger partial charge < -0.3 is 19.9 Å². The molecule has 2 aromatic rings. The van der Waals surface area contributed by atoms with Crippen LogP contribution in [0.2, 0.25) is 0 Å². The minimum absolute atomic E-state index is 0.0118. The topological polar surface area (TPSA) is 67.7 Å². The van der Waals surface area contributed by atoms with Gasteiger partial charge in [0.1, 0.15) is 0 Å². The Labute approximate surface area is 167 Å². The Morgan fingerprint density at radius 1 is 1.11 bits per heavy atom. The van der Waals surface area contributed by atoms with Gasteiger partial charge in [-0.3, -0.25) is 9.79 Å². The first-order chi connectivity index (χ1) is 13.6. The molecule has 0 bridgehead atoms. The summed E-state index contributed by atoms with van der Waals surface area (Å²) in [5.41, 5.74) is 2.27. The van der Waals surface area contributed by atoms with Crippen LogP contribution in [0.4, 0.5) is 0 Å². The highest BCUT2D eigenvalue weighted by molar-refractivity contribution is 5.79. The number of nitrogens with one attached hydrogen (secondary N) is 2. The molecule has 0 aliphatic heterocycles. The number of hydrogen-bond donors (Lipinski definition) is 2. The molecule has 0 fully saturated rings. The first-order valence-corrected chi connectivity index (χ1v) is 9.84. The van der Waals surface area contributed by atoms with Crippen LogP contribution >= 0.6 is 0 Å². The summed E-state index contributed by atoms with van der Waals surface area (Å²) in [6, 6.07) is 13.5. The van der Waals surface area contributed by atoms with Gasteiger partial charge >= 0.3 is 0 Å². The Kier molecular flexibility index (Phi) is 9.28. The lowest BCUT2D eigenvalue weighted by atomic mass is 10.1. The summed E-state index contributed by atoms with van der Waals surface area (Å²) in [6.07, 6.45) is 2.75. The van der Waals surface area contributed by atoms with Crippen molar-refractivity contribution in [1.82, 2.24) is 15.2 Å². The van der Waals surface area contributed by atoms with Crippen LogP contribution in [-0.4, -0.2) is 37.3 Å². The number of ether oxygens (including phenoxy) is 1. The fourth-order valence-electron chi connectivity index (χ4n) is 2.66. The molecule has 2 rings (SSSR count). The number of pyridine rings is 1. The average Bonchev–Trinajstić information content (AvgIpc) is 2.69. The van der Waals surface area contributed by atoms with Crippen molar-refractivity contribution in [1.29, 1.82) is 0 Å². The quantitative estimate of drug-likeness (QED) is 0.375. The average molecular weight is 385 g/mol. The Morgan fingerprint density at radius 3 is 2.54 bits per heavy atom. The van der Waals surface area contributed by atoms with Crippen molar-refractivity contribution in [2.75, 3.05) is 26.8 Å². The van der Waals surface area contributed by atoms with Crippen LogP contribution in [0.5, 0.6) is 0 Å². The van der Waals surface area contributed by atoms with Gasteiger partial charge in [-0.2, -0.15) is 0 Å². The fraction of sp³-hybridized carbons (Fsp3) is 0.455. The summed E-state index contributed by atoms with van der Waals surface area (Å²) in [5.74, 6) is 1.35. The number of benzene rings is 1. The van der Waals surface area contributed by atoms with Gasteiger partial charge in [0.25, 0.3) is 5.56 Å². The maximum atomic E-state index is 11.8. The van der Waals surface area contributed by atoms with Crippen LogP contribution in [0.15, 0.2) is 58.4 Å². The molecular formula is C22H32N4O2. The molecular weight excluding hydrogens is 352 g/mol. The van der Waals surface area contributed by atoms with Crippen molar-refractivity contribution in [3.05, 3.63) is 70.1 Å². The van der Waals surface area contributed by atoms with Crippen molar-refractivity contribution in [2.24, 2.45) is 10.9 Å². The Bertz CT molecular complexity index is 782. The molecule has 0 aliphatic carbocycles. The number of guanidine groups is 1. The van der Waals surface area contributed by atoms with Crippen LogP contribution in [0.25, 0.3) is 0 Å². The monoisotopic (exact) mass is 384 g/mol. The molecule has 0 saturated heterocycles. The predicted octanol–water partition coefficient (Wildman–Crippen LogP) is 2.62. The zero-order chi connectivity index (χ0) is 20.2. The van der Waals surface area contributed by atoms with E-state index < -0.39 is 0 Å². The van der Waals surface area contributed by atoms with Crippen LogP contribution < -0.4 is 16.2 Å². The first kappa shape index (κ1) is 21.7. The molecule has 0 spiro atoms. The van der Waals surface area contributed by atoms with Gasteiger partial charge in [-0.05, 0) is 29.5 Å². The van der Waals surface area contributed by atoms with Crippen molar-refractivity contribution >= 4 is 5.96 Å². The van der Waals surface area contributed by atoms with E-state index in [4.69, 9.17) is 4.74 Å². The summed E-state index contributed by atoms with van der Waals surface area (Å²) in [7, 11) is 1.77. The number of rotatable bonds is 10. The largest absolute Gasteiger partial charge is 0.381 e.